The number of aromatic nitrogens is 2. The number of carbonyl (C=O) groups is 1. The van der Waals surface area contributed by atoms with E-state index in [-0.39, 0.29) is 17.8 Å². The van der Waals surface area contributed by atoms with Gasteiger partial charge in [-0.15, -0.1) is 0 Å². The Labute approximate surface area is 172 Å². The second-order valence-electron chi connectivity index (χ2n) is 6.50. The third-order valence-corrected chi connectivity index (χ3v) is 4.35. The number of rotatable bonds is 7. The Morgan fingerprint density at radius 1 is 1.20 bits per heavy atom. The van der Waals surface area contributed by atoms with Crippen LogP contribution in [-0.2, 0) is 11.3 Å². The molecule has 0 aliphatic rings. The van der Waals surface area contributed by atoms with Crippen molar-refractivity contribution >= 4 is 17.3 Å². The highest BCUT2D eigenvalue weighted by molar-refractivity contribution is 5.91. The first kappa shape index (κ1) is 20.7. The molecule has 9 heteroatoms. The van der Waals surface area contributed by atoms with E-state index in [4.69, 9.17) is 4.74 Å². The van der Waals surface area contributed by atoms with Gasteiger partial charge in [-0.05, 0) is 49.7 Å². The molecule has 0 fully saturated rings. The number of ether oxygens (including phenoxy) is 1. The summed E-state index contributed by atoms with van der Waals surface area (Å²) in [7, 11) is 0. The van der Waals surface area contributed by atoms with Gasteiger partial charge in [0, 0.05) is 29.4 Å². The number of benzene rings is 2. The molecule has 1 amide bonds. The smallest absolute Gasteiger partial charge is 0.269 e. The molecule has 0 atom stereocenters. The molecule has 0 unspecified atom stereocenters. The van der Waals surface area contributed by atoms with Gasteiger partial charge >= 0.3 is 0 Å². The molecule has 0 bridgehead atoms. The maximum Gasteiger partial charge on any atom is 0.269 e. The van der Waals surface area contributed by atoms with E-state index in [1.807, 2.05) is 6.92 Å². The summed E-state index contributed by atoms with van der Waals surface area (Å²) in [5.41, 5.74) is 1.81. The van der Waals surface area contributed by atoms with Crippen LogP contribution in [0, 0.1) is 17.0 Å². The quantitative estimate of drug-likeness (QED) is 0.474. The summed E-state index contributed by atoms with van der Waals surface area (Å²) in [6.45, 7) is 3.89. The predicted molar refractivity (Wildman–Crippen MR) is 112 cm³/mol. The summed E-state index contributed by atoms with van der Waals surface area (Å²) in [4.78, 5) is 39.3. The van der Waals surface area contributed by atoms with Crippen LogP contribution in [0.3, 0.4) is 0 Å². The number of nitrogens with one attached hydrogen (secondary N) is 1. The Bertz CT molecular complexity index is 1140. The fourth-order valence-corrected chi connectivity index (χ4v) is 2.84. The molecule has 0 spiro atoms. The lowest BCUT2D eigenvalue weighted by molar-refractivity contribution is -0.384. The number of non-ortho nitro benzene ring substituents is 1. The van der Waals surface area contributed by atoms with Crippen LogP contribution in [0.15, 0.2) is 59.7 Å². The zero-order valence-electron chi connectivity index (χ0n) is 16.5. The average molecular weight is 408 g/mol. The number of hydrogen-bond donors (Lipinski definition) is 1. The maximum absolute atomic E-state index is 12.4. The van der Waals surface area contributed by atoms with Crippen LogP contribution in [0.2, 0.25) is 0 Å². The number of amides is 1. The van der Waals surface area contributed by atoms with Crippen LogP contribution in [0.4, 0.5) is 11.4 Å². The number of nitrogens with zero attached hydrogens (tertiary/aromatic N) is 3. The van der Waals surface area contributed by atoms with Crippen molar-refractivity contribution in [2.75, 3.05) is 11.9 Å². The third kappa shape index (κ3) is 4.88. The summed E-state index contributed by atoms with van der Waals surface area (Å²) >= 11 is 0. The van der Waals surface area contributed by atoms with Crippen molar-refractivity contribution in [2.24, 2.45) is 0 Å². The molecule has 9 nitrogen and oxygen atoms in total. The molecule has 1 heterocycles. The van der Waals surface area contributed by atoms with Crippen molar-refractivity contribution in [2.45, 2.75) is 20.4 Å². The van der Waals surface area contributed by atoms with Crippen LogP contribution in [0.1, 0.15) is 12.5 Å². The maximum atomic E-state index is 12.4. The SMILES string of the molecule is CCOc1ccc(-c2cc(=O)n(CC(=O)Nc3ccc([N+](=O)[O-])cc3C)cn2)cc1. The van der Waals surface area contributed by atoms with E-state index in [1.54, 1.807) is 31.2 Å². The summed E-state index contributed by atoms with van der Waals surface area (Å²) in [6.07, 6.45) is 1.32. The highest BCUT2D eigenvalue weighted by atomic mass is 16.6. The number of aryl methyl sites for hydroxylation is 1. The molecule has 0 radical (unpaired) electrons. The van der Waals surface area contributed by atoms with Crippen molar-refractivity contribution in [3.8, 4) is 17.0 Å². The van der Waals surface area contributed by atoms with E-state index in [2.05, 4.69) is 10.3 Å². The Hall–Kier alpha value is -4.01. The van der Waals surface area contributed by atoms with Gasteiger partial charge in [0.25, 0.3) is 11.2 Å². The van der Waals surface area contributed by atoms with Crippen molar-refractivity contribution in [3.63, 3.8) is 0 Å². The van der Waals surface area contributed by atoms with Gasteiger partial charge in [-0.1, -0.05) is 0 Å². The van der Waals surface area contributed by atoms with Gasteiger partial charge in [-0.2, -0.15) is 0 Å². The van der Waals surface area contributed by atoms with E-state index in [0.29, 0.717) is 23.6 Å². The zero-order valence-corrected chi connectivity index (χ0v) is 16.5. The van der Waals surface area contributed by atoms with Crippen molar-refractivity contribution in [3.05, 3.63) is 80.9 Å². The fraction of sp³-hybridized carbons (Fsp3) is 0.190. The normalized spacial score (nSPS) is 10.5. The summed E-state index contributed by atoms with van der Waals surface area (Å²) in [5.74, 6) is 0.289. The Morgan fingerprint density at radius 3 is 2.53 bits per heavy atom. The minimum atomic E-state index is -0.504. The number of carbonyl (C=O) groups excluding carboxylic acids is 1. The highest BCUT2D eigenvalue weighted by Gasteiger charge is 2.12. The molecule has 2 aromatic carbocycles. The third-order valence-electron chi connectivity index (χ3n) is 4.35. The van der Waals surface area contributed by atoms with Gasteiger partial charge in [0.05, 0.1) is 23.6 Å². The lowest BCUT2D eigenvalue weighted by Crippen LogP contribution is -2.27. The molecular weight excluding hydrogens is 388 g/mol. The van der Waals surface area contributed by atoms with Crippen molar-refractivity contribution in [1.82, 2.24) is 9.55 Å². The molecule has 0 saturated heterocycles. The van der Waals surface area contributed by atoms with E-state index >= 15 is 0 Å². The summed E-state index contributed by atoms with van der Waals surface area (Å²) in [5, 5.41) is 13.5. The lowest BCUT2D eigenvalue weighted by atomic mass is 10.1. The van der Waals surface area contributed by atoms with Gasteiger partial charge in [0.15, 0.2) is 0 Å². The fourth-order valence-electron chi connectivity index (χ4n) is 2.84. The van der Waals surface area contributed by atoms with Gasteiger partial charge in [0.1, 0.15) is 12.3 Å². The molecule has 1 aromatic heterocycles. The largest absolute Gasteiger partial charge is 0.494 e. The molecule has 154 valence electrons. The monoisotopic (exact) mass is 408 g/mol. The first-order valence-electron chi connectivity index (χ1n) is 9.22. The molecule has 0 aliphatic heterocycles. The van der Waals surface area contributed by atoms with Gasteiger partial charge in [-0.25, -0.2) is 4.98 Å². The molecule has 30 heavy (non-hydrogen) atoms. The number of anilines is 1. The van der Waals surface area contributed by atoms with E-state index in [9.17, 15) is 19.7 Å². The van der Waals surface area contributed by atoms with Crippen LogP contribution < -0.4 is 15.6 Å². The Kier molecular flexibility index (Phi) is 6.21. The van der Waals surface area contributed by atoms with E-state index in [0.717, 1.165) is 11.3 Å². The second kappa shape index (κ2) is 8.99. The first-order chi connectivity index (χ1) is 14.4. The first-order valence-corrected chi connectivity index (χ1v) is 9.22. The molecule has 0 aliphatic carbocycles. The van der Waals surface area contributed by atoms with Gasteiger partial charge < -0.3 is 10.1 Å². The topological polar surface area (TPSA) is 116 Å². The van der Waals surface area contributed by atoms with Crippen LogP contribution >= 0.6 is 0 Å². The van der Waals surface area contributed by atoms with Crippen molar-refractivity contribution < 1.29 is 14.5 Å². The van der Waals surface area contributed by atoms with Gasteiger partial charge in [0.2, 0.25) is 5.91 Å². The number of hydrogen-bond acceptors (Lipinski definition) is 6. The summed E-state index contributed by atoms with van der Waals surface area (Å²) < 4.78 is 6.58. The second-order valence-corrected chi connectivity index (χ2v) is 6.50. The molecule has 1 N–H and O–H groups in total. The molecule has 3 rings (SSSR count). The minimum Gasteiger partial charge on any atom is -0.494 e. The predicted octanol–water partition coefficient (Wildman–Crippen LogP) is 3.16. The average Bonchev–Trinajstić information content (AvgIpc) is 2.72. The van der Waals surface area contributed by atoms with Gasteiger partial charge in [-0.3, -0.25) is 24.3 Å². The van der Waals surface area contributed by atoms with Crippen LogP contribution in [0.25, 0.3) is 11.3 Å². The number of nitro benzene ring substituents is 1. The van der Waals surface area contributed by atoms with E-state index in [1.165, 1.54) is 35.2 Å². The van der Waals surface area contributed by atoms with Crippen LogP contribution in [-0.4, -0.2) is 27.0 Å². The van der Waals surface area contributed by atoms with Crippen LogP contribution in [0.5, 0.6) is 5.75 Å². The van der Waals surface area contributed by atoms with E-state index < -0.39 is 10.8 Å². The molecular formula is C21H20N4O5. The number of nitro groups is 1. The molecule has 0 saturated carbocycles. The Balaban J connectivity index is 1.70. The highest BCUT2D eigenvalue weighted by Crippen LogP contribution is 2.21. The zero-order chi connectivity index (χ0) is 21.7. The summed E-state index contributed by atoms with van der Waals surface area (Å²) in [6, 6.07) is 12.7. The Morgan fingerprint density at radius 2 is 1.93 bits per heavy atom. The standard InChI is InChI=1S/C21H20N4O5/c1-3-30-17-7-4-15(5-8-17)19-11-21(27)24(13-22-19)12-20(26)23-18-9-6-16(25(28)29)10-14(18)2/h4-11,13H,3,12H2,1-2H3,(H,23,26). The van der Waals surface area contributed by atoms with Crippen molar-refractivity contribution in [1.29, 1.82) is 0 Å². The minimum absolute atomic E-state index is 0.0594. The lowest BCUT2D eigenvalue weighted by Gasteiger charge is -2.10. The molecule has 3 aromatic rings.